The lowest BCUT2D eigenvalue weighted by Crippen LogP contribution is -2.35. The average molecular weight is 198 g/mol. The molecule has 1 aromatic rings. The van der Waals surface area contributed by atoms with Gasteiger partial charge in [0.1, 0.15) is 0 Å². The minimum absolute atomic E-state index is 0.192. The minimum atomic E-state index is -0.192. The summed E-state index contributed by atoms with van der Waals surface area (Å²) >= 11 is 0. The van der Waals surface area contributed by atoms with Crippen molar-refractivity contribution in [3.8, 4) is 0 Å². The van der Waals surface area contributed by atoms with Gasteiger partial charge in [0.05, 0.1) is 12.6 Å². The smallest absolute Gasteiger partial charge is 0.318 e. The Morgan fingerprint density at radius 1 is 1.43 bits per heavy atom. The van der Waals surface area contributed by atoms with Gasteiger partial charge in [-0.1, -0.05) is 5.10 Å². The quantitative estimate of drug-likeness (QED) is 0.665. The topological polar surface area (TPSA) is 88.4 Å². The van der Waals surface area contributed by atoms with Crippen LogP contribution in [0.2, 0.25) is 0 Å². The second kappa shape index (κ2) is 3.93. The van der Waals surface area contributed by atoms with Gasteiger partial charge in [-0.3, -0.25) is 0 Å². The van der Waals surface area contributed by atoms with Crippen LogP contribution in [0.15, 0.2) is 4.42 Å². The highest BCUT2D eigenvalue weighted by Gasteiger charge is 2.20. The fourth-order valence-electron chi connectivity index (χ4n) is 1.51. The summed E-state index contributed by atoms with van der Waals surface area (Å²) in [5.41, 5.74) is 5.36. The number of nitrogens with zero attached hydrogens (tertiary/aromatic N) is 3. The molecule has 78 valence electrons. The zero-order valence-electron chi connectivity index (χ0n) is 7.89. The van der Waals surface area contributed by atoms with Crippen molar-refractivity contribution in [1.29, 1.82) is 0 Å². The Kier molecular flexibility index (Phi) is 2.64. The number of aliphatic hydroxyl groups is 1. The molecule has 6 nitrogen and oxygen atoms in total. The van der Waals surface area contributed by atoms with Crippen molar-refractivity contribution in [3.63, 3.8) is 0 Å². The summed E-state index contributed by atoms with van der Waals surface area (Å²) in [5, 5.41) is 17.0. The summed E-state index contributed by atoms with van der Waals surface area (Å²) in [5.74, 6) is 0.450. The molecule has 0 atom stereocenters. The monoisotopic (exact) mass is 198 g/mol. The van der Waals surface area contributed by atoms with Crippen LogP contribution in [0.4, 0.5) is 6.01 Å². The molecule has 1 fully saturated rings. The van der Waals surface area contributed by atoms with E-state index in [2.05, 4.69) is 10.2 Å². The van der Waals surface area contributed by atoms with E-state index < -0.39 is 0 Å². The molecule has 2 rings (SSSR count). The van der Waals surface area contributed by atoms with Crippen molar-refractivity contribution in [3.05, 3.63) is 5.89 Å². The molecule has 0 unspecified atom stereocenters. The Balaban J connectivity index is 2.01. The molecule has 1 aliphatic heterocycles. The summed E-state index contributed by atoms with van der Waals surface area (Å²) in [6, 6.07) is 0.511. The fourth-order valence-corrected chi connectivity index (χ4v) is 1.51. The van der Waals surface area contributed by atoms with E-state index in [1.165, 1.54) is 0 Å². The number of hydrogen-bond donors (Lipinski definition) is 2. The standard InChI is InChI=1S/C8H14N4O2/c9-5-7-10-11-8(14-7)12-3-1-6(13)2-4-12/h6,13H,1-5,9H2. The first-order valence-corrected chi connectivity index (χ1v) is 4.75. The first-order valence-electron chi connectivity index (χ1n) is 4.75. The van der Waals surface area contributed by atoms with Gasteiger partial charge in [0.2, 0.25) is 5.89 Å². The lowest BCUT2D eigenvalue weighted by Gasteiger charge is -2.27. The second-order valence-electron chi connectivity index (χ2n) is 3.40. The number of aliphatic hydroxyl groups excluding tert-OH is 1. The molecule has 2 heterocycles. The predicted molar refractivity (Wildman–Crippen MR) is 49.6 cm³/mol. The number of aromatic nitrogens is 2. The van der Waals surface area contributed by atoms with Gasteiger partial charge in [-0.15, -0.1) is 5.10 Å². The van der Waals surface area contributed by atoms with Gasteiger partial charge in [0.25, 0.3) is 0 Å². The molecular formula is C8H14N4O2. The minimum Gasteiger partial charge on any atom is -0.407 e. The second-order valence-corrected chi connectivity index (χ2v) is 3.40. The lowest BCUT2D eigenvalue weighted by atomic mass is 10.1. The van der Waals surface area contributed by atoms with E-state index in [1.807, 2.05) is 4.90 Å². The molecular weight excluding hydrogens is 184 g/mol. The summed E-state index contributed by atoms with van der Waals surface area (Å²) in [4.78, 5) is 1.97. The van der Waals surface area contributed by atoms with Gasteiger partial charge >= 0.3 is 6.01 Å². The van der Waals surface area contributed by atoms with Gasteiger partial charge in [-0.25, -0.2) is 0 Å². The molecule has 1 saturated heterocycles. The lowest BCUT2D eigenvalue weighted by molar-refractivity contribution is 0.144. The third-order valence-electron chi connectivity index (χ3n) is 2.37. The molecule has 3 N–H and O–H groups in total. The van der Waals surface area contributed by atoms with Crippen molar-refractivity contribution in [2.45, 2.75) is 25.5 Å². The van der Waals surface area contributed by atoms with E-state index in [0.29, 0.717) is 11.9 Å². The maximum atomic E-state index is 9.31. The third-order valence-corrected chi connectivity index (χ3v) is 2.37. The Labute approximate surface area is 81.7 Å². The zero-order valence-corrected chi connectivity index (χ0v) is 7.89. The molecule has 0 aromatic carbocycles. The van der Waals surface area contributed by atoms with E-state index in [0.717, 1.165) is 25.9 Å². The van der Waals surface area contributed by atoms with E-state index >= 15 is 0 Å². The van der Waals surface area contributed by atoms with Crippen LogP contribution in [0.25, 0.3) is 0 Å². The highest BCUT2D eigenvalue weighted by atomic mass is 16.4. The van der Waals surface area contributed by atoms with Gasteiger partial charge in [-0.05, 0) is 12.8 Å². The van der Waals surface area contributed by atoms with E-state index in [4.69, 9.17) is 10.2 Å². The molecule has 6 heteroatoms. The molecule has 0 bridgehead atoms. The van der Waals surface area contributed by atoms with Crippen molar-refractivity contribution < 1.29 is 9.52 Å². The highest BCUT2D eigenvalue weighted by Crippen LogP contribution is 2.18. The molecule has 0 amide bonds. The van der Waals surface area contributed by atoms with Crippen LogP contribution >= 0.6 is 0 Å². The summed E-state index contributed by atoms with van der Waals surface area (Å²) in [6.45, 7) is 1.78. The van der Waals surface area contributed by atoms with E-state index in [9.17, 15) is 5.11 Å². The Morgan fingerprint density at radius 2 is 2.14 bits per heavy atom. The van der Waals surface area contributed by atoms with E-state index in [1.54, 1.807) is 0 Å². The van der Waals surface area contributed by atoms with Crippen LogP contribution in [-0.2, 0) is 6.54 Å². The van der Waals surface area contributed by atoms with Crippen LogP contribution < -0.4 is 10.6 Å². The molecule has 0 saturated carbocycles. The highest BCUT2D eigenvalue weighted by molar-refractivity contribution is 5.24. The van der Waals surface area contributed by atoms with Crippen LogP contribution in [0.3, 0.4) is 0 Å². The van der Waals surface area contributed by atoms with Crippen molar-refractivity contribution in [1.82, 2.24) is 10.2 Å². The number of hydrogen-bond acceptors (Lipinski definition) is 6. The summed E-state index contributed by atoms with van der Waals surface area (Å²) in [7, 11) is 0. The number of nitrogens with two attached hydrogens (primary N) is 1. The van der Waals surface area contributed by atoms with Gasteiger partial charge < -0.3 is 20.2 Å². The third kappa shape index (κ3) is 1.85. The Morgan fingerprint density at radius 3 is 2.71 bits per heavy atom. The molecule has 1 aliphatic rings. The first kappa shape index (κ1) is 9.42. The summed E-state index contributed by atoms with van der Waals surface area (Å²) < 4.78 is 5.30. The maximum Gasteiger partial charge on any atom is 0.318 e. The molecule has 0 radical (unpaired) electrons. The van der Waals surface area contributed by atoms with Crippen LogP contribution in [0, 0.1) is 0 Å². The van der Waals surface area contributed by atoms with Crippen LogP contribution in [0.1, 0.15) is 18.7 Å². The maximum absolute atomic E-state index is 9.31. The van der Waals surface area contributed by atoms with Gasteiger partial charge in [0, 0.05) is 13.1 Å². The van der Waals surface area contributed by atoms with E-state index in [-0.39, 0.29) is 12.6 Å². The molecule has 14 heavy (non-hydrogen) atoms. The fraction of sp³-hybridized carbons (Fsp3) is 0.750. The summed E-state index contributed by atoms with van der Waals surface area (Å²) in [6.07, 6.45) is 1.31. The predicted octanol–water partition coefficient (Wildman–Crippen LogP) is -0.511. The zero-order chi connectivity index (χ0) is 9.97. The molecule has 1 aromatic heterocycles. The largest absolute Gasteiger partial charge is 0.407 e. The van der Waals surface area contributed by atoms with Crippen LogP contribution in [-0.4, -0.2) is 34.5 Å². The first-order chi connectivity index (χ1) is 6.79. The van der Waals surface area contributed by atoms with Crippen molar-refractivity contribution >= 4 is 6.01 Å². The average Bonchev–Trinajstić information content (AvgIpc) is 2.67. The molecule has 0 aliphatic carbocycles. The van der Waals surface area contributed by atoms with Crippen molar-refractivity contribution in [2.24, 2.45) is 5.73 Å². The Bertz CT molecular complexity index is 293. The Hall–Kier alpha value is -1.14. The SMILES string of the molecule is NCc1nnc(N2CCC(O)CC2)o1. The van der Waals surface area contributed by atoms with Crippen LogP contribution in [0.5, 0.6) is 0 Å². The number of rotatable bonds is 2. The van der Waals surface area contributed by atoms with Gasteiger partial charge in [-0.2, -0.15) is 0 Å². The number of anilines is 1. The number of piperidine rings is 1. The molecule has 0 spiro atoms. The normalized spacial score (nSPS) is 18.9. The van der Waals surface area contributed by atoms with Crippen molar-refractivity contribution in [2.75, 3.05) is 18.0 Å². The van der Waals surface area contributed by atoms with Gasteiger partial charge in [0.15, 0.2) is 0 Å².